The second-order valence-corrected chi connectivity index (χ2v) is 6.75. The molecule has 0 bridgehead atoms. The van der Waals surface area contributed by atoms with Crippen molar-refractivity contribution < 1.29 is 22.8 Å². The van der Waals surface area contributed by atoms with Crippen molar-refractivity contribution in [2.75, 3.05) is 0 Å². The second kappa shape index (κ2) is 7.73. The van der Waals surface area contributed by atoms with Gasteiger partial charge in [-0.15, -0.1) is 0 Å². The number of benzene rings is 2. The molecule has 1 atom stereocenters. The molecule has 0 heterocycles. The molecule has 0 radical (unpaired) electrons. The van der Waals surface area contributed by atoms with E-state index in [1.165, 1.54) is 6.08 Å². The molecule has 1 aliphatic rings. The van der Waals surface area contributed by atoms with Crippen molar-refractivity contribution in [1.29, 1.82) is 0 Å². The fourth-order valence-corrected chi connectivity index (χ4v) is 3.22. The first-order valence-electron chi connectivity index (χ1n) is 8.20. The number of aromatic hydroxyl groups is 1. The van der Waals surface area contributed by atoms with Gasteiger partial charge in [0.1, 0.15) is 11.5 Å². The molecule has 27 heavy (non-hydrogen) atoms. The van der Waals surface area contributed by atoms with Gasteiger partial charge in [0.2, 0.25) is 0 Å². The predicted octanol–water partition coefficient (Wildman–Crippen LogP) is 4.10. The molecule has 0 amide bonds. The Kier molecular flexibility index (Phi) is 5.39. The van der Waals surface area contributed by atoms with E-state index < -0.39 is 11.4 Å². The number of phenols is 1. The van der Waals surface area contributed by atoms with Crippen LogP contribution in [0.25, 0.3) is 5.57 Å². The van der Waals surface area contributed by atoms with Crippen molar-refractivity contribution >= 4 is 22.7 Å². The van der Waals surface area contributed by atoms with Crippen LogP contribution >= 0.6 is 0 Å². The third kappa shape index (κ3) is 4.07. The molecule has 0 saturated carbocycles. The van der Waals surface area contributed by atoms with Crippen molar-refractivity contribution in [3.8, 4) is 11.5 Å². The van der Waals surface area contributed by atoms with E-state index in [0.29, 0.717) is 16.7 Å². The van der Waals surface area contributed by atoms with Gasteiger partial charge in [-0.1, -0.05) is 30.3 Å². The Morgan fingerprint density at radius 2 is 1.81 bits per heavy atom. The Balaban J connectivity index is 2.30. The number of ketones is 1. The van der Waals surface area contributed by atoms with Crippen LogP contribution in [-0.2, 0) is 16.2 Å². The monoisotopic (exact) mass is 382 g/mol. The zero-order valence-corrected chi connectivity index (χ0v) is 15.6. The lowest BCUT2D eigenvalue weighted by atomic mass is 9.88. The minimum atomic E-state index is -2.48. The van der Waals surface area contributed by atoms with Gasteiger partial charge in [0.25, 0.3) is 0 Å². The first-order valence-corrected chi connectivity index (χ1v) is 9.23. The lowest BCUT2D eigenvalue weighted by Gasteiger charge is -2.17. The molecule has 0 fully saturated rings. The summed E-state index contributed by atoms with van der Waals surface area (Å²) in [6, 6.07) is 12.0. The van der Waals surface area contributed by atoms with Crippen LogP contribution in [0.15, 0.2) is 71.8 Å². The summed E-state index contributed by atoms with van der Waals surface area (Å²) in [4.78, 5) is 11.8. The standard InChI is InChI=1S/C21H18O5S/c1-13-11-15(7-9-18(13)22)21(16-8-10-19(23)14(2)12-16)17-5-3-4-6-20(17)26-27(24)25/h3-12,22H,1-2H3,(H,24,25)/b21-16-. The first-order chi connectivity index (χ1) is 12.9. The van der Waals surface area contributed by atoms with Crippen LogP contribution in [0, 0.1) is 6.92 Å². The van der Waals surface area contributed by atoms with E-state index in [9.17, 15) is 18.7 Å². The van der Waals surface area contributed by atoms with Gasteiger partial charge in [-0.05, 0) is 72.0 Å². The zero-order valence-electron chi connectivity index (χ0n) is 14.8. The summed E-state index contributed by atoms with van der Waals surface area (Å²) in [6.45, 7) is 3.52. The van der Waals surface area contributed by atoms with E-state index in [1.807, 2.05) is 6.07 Å². The zero-order chi connectivity index (χ0) is 19.6. The van der Waals surface area contributed by atoms with Crippen molar-refractivity contribution in [3.05, 3.63) is 88.5 Å². The highest BCUT2D eigenvalue weighted by molar-refractivity contribution is 7.74. The van der Waals surface area contributed by atoms with Gasteiger partial charge in [0.05, 0.1) is 0 Å². The Labute approximate surface area is 159 Å². The lowest BCUT2D eigenvalue weighted by Crippen LogP contribution is -2.05. The predicted molar refractivity (Wildman–Crippen MR) is 105 cm³/mol. The topological polar surface area (TPSA) is 83.8 Å². The summed E-state index contributed by atoms with van der Waals surface area (Å²) in [5.41, 5.74) is 4.14. The molecule has 3 rings (SSSR count). The summed E-state index contributed by atoms with van der Waals surface area (Å²) in [5.74, 6) is 0.342. The highest BCUT2D eigenvalue weighted by Crippen LogP contribution is 2.37. The summed E-state index contributed by atoms with van der Waals surface area (Å²) in [7, 11) is 0. The van der Waals surface area contributed by atoms with Gasteiger partial charge in [0, 0.05) is 5.56 Å². The minimum absolute atomic E-state index is 0.0685. The number of carbonyl (C=O) groups is 1. The molecule has 0 saturated heterocycles. The fraction of sp³-hybridized carbons (Fsp3) is 0.0952. The number of allylic oxidation sites excluding steroid dienone is 5. The van der Waals surface area contributed by atoms with Crippen molar-refractivity contribution in [2.24, 2.45) is 0 Å². The van der Waals surface area contributed by atoms with E-state index in [1.54, 1.807) is 62.4 Å². The molecule has 2 N–H and O–H groups in total. The van der Waals surface area contributed by atoms with Gasteiger partial charge in [-0.2, -0.15) is 4.21 Å². The van der Waals surface area contributed by atoms with E-state index in [4.69, 9.17) is 4.18 Å². The molecule has 2 aromatic rings. The van der Waals surface area contributed by atoms with Crippen LogP contribution in [-0.4, -0.2) is 19.7 Å². The summed E-state index contributed by atoms with van der Waals surface area (Å²) >= 11 is -2.48. The molecule has 5 nitrogen and oxygen atoms in total. The molecule has 1 unspecified atom stereocenters. The van der Waals surface area contributed by atoms with Crippen molar-refractivity contribution in [2.45, 2.75) is 13.8 Å². The van der Waals surface area contributed by atoms with Crippen LogP contribution in [0.2, 0.25) is 0 Å². The highest BCUT2D eigenvalue weighted by Gasteiger charge is 2.18. The van der Waals surface area contributed by atoms with Gasteiger partial charge >= 0.3 is 11.4 Å². The Hall–Kier alpha value is -2.96. The largest absolute Gasteiger partial charge is 0.508 e. The third-order valence-electron chi connectivity index (χ3n) is 4.27. The third-order valence-corrected chi connectivity index (χ3v) is 4.59. The number of phenolic OH excluding ortho intramolecular Hbond substituents is 1. The normalized spacial score (nSPS) is 16.7. The Morgan fingerprint density at radius 3 is 2.48 bits per heavy atom. The lowest BCUT2D eigenvalue weighted by molar-refractivity contribution is -0.111. The number of hydrogen-bond acceptors (Lipinski definition) is 4. The average Bonchev–Trinajstić information content (AvgIpc) is 2.62. The molecule has 0 aliphatic heterocycles. The number of aryl methyl sites for hydroxylation is 1. The van der Waals surface area contributed by atoms with Gasteiger partial charge in [0.15, 0.2) is 5.78 Å². The molecular weight excluding hydrogens is 364 g/mol. The van der Waals surface area contributed by atoms with E-state index >= 15 is 0 Å². The van der Waals surface area contributed by atoms with E-state index in [0.717, 1.165) is 16.7 Å². The van der Waals surface area contributed by atoms with Crippen LogP contribution < -0.4 is 4.18 Å². The number of carbonyl (C=O) groups excluding carboxylic acids is 1. The minimum Gasteiger partial charge on any atom is -0.508 e. The van der Waals surface area contributed by atoms with Crippen molar-refractivity contribution in [3.63, 3.8) is 0 Å². The maximum Gasteiger partial charge on any atom is 0.357 e. The van der Waals surface area contributed by atoms with Crippen LogP contribution in [0.1, 0.15) is 23.6 Å². The maximum atomic E-state index is 11.8. The van der Waals surface area contributed by atoms with Gasteiger partial charge < -0.3 is 9.29 Å². The molecular formula is C21H18O5S. The molecule has 2 aromatic carbocycles. The maximum absolute atomic E-state index is 11.8. The summed E-state index contributed by atoms with van der Waals surface area (Å²) in [6.07, 6.45) is 4.97. The average molecular weight is 382 g/mol. The van der Waals surface area contributed by atoms with E-state index in [2.05, 4.69) is 0 Å². The highest BCUT2D eigenvalue weighted by atomic mass is 32.2. The Morgan fingerprint density at radius 1 is 1.07 bits per heavy atom. The number of hydrogen-bond donors (Lipinski definition) is 2. The molecule has 6 heteroatoms. The Bertz CT molecular complexity index is 1030. The molecule has 0 spiro atoms. The number of rotatable bonds is 4. The van der Waals surface area contributed by atoms with Crippen LogP contribution in [0.4, 0.5) is 0 Å². The van der Waals surface area contributed by atoms with Crippen LogP contribution in [0.5, 0.6) is 11.5 Å². The van der Waals surface area contributed by atoms with Gasteiger partial charge in [-0.25, -0.2) is 0 Å². The fourth-order valence-electron chi connectivity index (χ4n) is 2.92. The van der Waals surface area contributed by atoms with Crippen LogP contribution in [0.3, 0.4) is 0 Å². The molecule has 0 aromatic heterocycles. The smallest absolute Gasteiger partial charge is 0.357 e. The quantitative estimate of drug-likeness (QED) is 0.778. The summed E-state index contributed by atoms with van der Waals surface area (Å²) in [5, 5.41) is 9.87. The van der Waals surface area contributed by atoms with Gasteiger partial charge in [-0.3, -0.25) is 9.35 Å². The molecule has 138 valence electrons. The second-order valence-electron chi connectivity index (χ2n) is 6.15. The molecule has 1 aliphatic carbocycles. The van der Waals surface area contributed by atoms with Crippen molar-refractivity contribution in [1.82, 2.24) is 0 Å². The van der Waals surface area contributed by atoms with E-state index in [-0.39, 0.29) is 17.3 Å². The number of para-hydroxylation sites is 1. The first kappa shape index (κ1) is 18.8. The SMILES string of the molecule is CC1=C/C(=C(/c2ccc(O)c(C)c2)c2ccccc2OS(=O)O)C=CC1=O. The summed E-state index contributed by atoms with van der Waals surface area (Å²) < 4.78 is 25.5.